The number of rotatable bonds is 3. The fourth-order valence-electron chi connectivity index (χ4n) is 7.72. The minimum absolute atomic E-state index is 0.0171. The molecule has 0 saturated heterocycles. The molecule has 0 N–H and O–H groups in total. The third kappa shape index (κ3) is 5.03. The lowest BCUT2D eigenvalue weighted by Crippen LogP contribution is -2.61. The van der Waals surface area contributed by atoms with Gasteiger partial charge in [0.05, 0.1) is 18.4 Å². The van der Waals surface area contributed by atoms with E-state index in [1.807, 2.05) is 36.1 Å². The lowest BCUT2D eigenvalue weighted by Gasteiger charge is -2.48. The van der Waals surface area contributed by atoms with Crippen molar-refractivity contribution in [2.24, 2.45) is 0 Å². The maximum Gasteiger partial charge on any atom is 0.256 e. The number of aromatic nitrogens is 1. The van der Waals surface area contributed by atoms with E-state index in [1.54, 1.807) is 0 Å². The lowest BCUT2D eigenvalue weighted by molar-refractivity contribution is -0.0300. The molecule has 7 rings (SSSR count). The van der Waals surface area contributed by atoms with Crippen LogP contribution in [-0.2, 0) is 13.1 Å². The number of ether oxygens (including phenoxy) is 1. The van der Waals surface area contributed by atoms with Crippen LogP contribution in [0.3, 0.4) is 0 Å². The first kappa shape index (κ1) is 29.5. The normalized spacial score (nSPS) is 25.3. The van der Waals surface area contributed by atoms with Gasteiger partial charge in [-0.3, -0.25) is 14.6 Å². The number of para-hydroxylation sites is 1. The number of amides is 1. The first-order chi connectivity index (χ1) is 21.2. The van der Waals surface area contributed by atoms with Gasteiger partial charge < -0.3 is 14.2 Å². The molecule has 3 atom stereocenters. The Bertz CT molecular complexity index is 1680. The zero-order valence-electron chi connectivity index (χ0n) is 26.4. The Balaban J connectivity index is 1.47. The highest BCUT2D eigenvalue weighted by molar-refractivity contribution is 7.81. The molecular formula is C37H44N4O2S. The molecule has 1 saturated carbocycles. The summed E-state index contributed by atoms with van der Waals surface area (Å²) in [5.41, 5.74) is 6.76. The fraction of sp³-hybridized carbons (Fsp3) is 0.432. The van der Waals surface area contributed by atoms with Gasteiger partial charge in [0.1, 0.15) is 16.8 Å². The van der Waals surface area contributed by atoms with E-state index < -0.39 is 4.99 Å². The van der Waals surface area contributed by atoms with Gasteiger partial charge in [0.25, 0.3) is 5.91 Å². The topological polar surface area (TPSA) is 41.0 Å². The van der Waals surface area contributed by atoms with Gasteiger partial charge in [-0.15, -0.1) is 12.6 Å². The van der Waals surface area contributed by atoms with E-state index in [0.29, 0.717) is 18.0 Å². The summed E-state index contributed by atoms with van der Waals surface area (Å²) in [4.78, 5) is 20.3. The fourth-order valence-corrected chi connectivity index (χ4v) is 8.05. The zero-order valence-corrected chi connectivity index (χ0v) is 27.3. The molecule has 3 unspecified atom stereocenters. The first-order valence-corrected chi connectivity index (χ1v) is 16.6. The highest BCUT2D eigenvalue weighted by Gasteiger charge is 2.41. The van der Waals surface area contributed by atoms with E-state index in [2.05, 4.69) is 83.9 Å². The highest BCUT2D eigenvalue weighted by Crippen LogP contribution is 2.48. The van der Waals surface area contributed by atoms with Crippen molar-refractivity contribution in [1.29, 1.82) is 0 Å². The number of fused-ring (bicyclic) bond motifs is 4. The van der Waals surface area contributed by atoms with E-state index >= 15 is 0 Å². The van der Waals surface area contributed by atoms with Gasteiger partial charge >= 0.3 is 0 Å². The second-order valence-electron chi connectivity index (χ2n) is 13.2. The zero-order chi connectivity index (χ0) is 30.6. The molecule has 3 aliphatic rings. The molecule has 3 heterocycles. The van der Waals surface area contributed by atoms with Crippen molar-refractivity contribution in [3.8, 4) is 17.0 Å². The number of nitrogens with zero attached hydrogens (tertiary/aromatic N) is 4. The monoisotopic (exact) mass is 608 g/mol. The molecular weight excluding hydrogens is 565 g/mol. The molecule has 2 aliphatic heterocycles. The quantitative estimate of drug-likeness (QED) is 0.244. The van der Waals surface area contributed by atoms with Crippen molar-refractivity contribution in [1.82, 2.24) is 19.3 Å². The van der Waals surface area contributed by atoms with Crippen LogP contribution in [-0.4, -0.2) is 63.1 Å². The van der Waals surface area contributed by atoms with Gasteiger partial charge in [-0.05, 0) is 82.1 Å². The van der Waals surface area contributed by atoms with Crippen molar-refractivity contribution in [2.45, 2.75) is 82.2 Å². The molecule has 1 aromatic heterocycles. The third-order valence-corrected chi connectivity index (χ3v) is 11.0. The average molecular weight is 609 g/mol. The SMILES string of the molecule is CC1N(C)CC2Cn3c(c(C4CCCCC4)c4ccc(cc43)C(=O)N(Cc3ccccc3)C(C)(S)N1C)-c1ccccc1O2. The number of carbonyl (C=O) groups excluding carboxylic acids is 1. The molecule has 4 aromatic rings. The van der Waals surface area contributed by atoms with Gasteiger partial charge in [0.2, 0.25) is 0 Å². The number of hydrogen-bond acceptors (Lipinski definition) is 5. The lowest BCUT2D eigenvalue weighted by atomic mass is 9.81. The van der Waals surface area contributed by atoms with Crippen LogP contribution in [0.5, 0.6) is 5.75 Å². The number of likely N-dealkylation sites (N-methyl/N-ethyl adjacent to an activating group) is 1. The van der Waals surface area contributed by atoms with Crippen LogP contribution in [0.25, 0.3) is 22.2 Å². The number of benzene rings is 3. The van der Waals surface area contributed by atoms with Crippen molar-refractivity contribution >= 4 is 29.4 Å². The Hall–Kier alpha value is -3.26. The molecule has 3 aromatic carbocycles. The molecule has 1 fully saturated rings. The number of carbonyl (C=O) groups is 1. The van der Waals surface area contributed by atoms with E-state index in [-0.39, 0.29) is 18.2 Å². The smallest absolute Gasteiger partial charge is 0.256 e. The molecule has 4 bridgehead atoms. The average Bonchev–Trinajstić information content (AvgIpc) is 3.26. The van der Waals surface area contributed by atoms with Crippen LogP contribution in [0.1, 0.15) is 73.4 Å². The van der Waals surface area contributed by atoms with Crippen LogP contribution in [0.2, 0.25) is 0 Å². The van der Waals surface area contributed by atoms with Crippen molar-refractivity contribution < 1.29 is 9.53 Å². The largest absolute Gasteiger partial charge is 0.487 e. The Morgan fingerprint density at radius 2 is 1.66 bits per heavy atom. The molecule has 44 heavy (non-hydrogen) atoms. The summed E-state index contributed by atoms with van der Waals surface area (Å²) in [5, 5.41) is 1.27. The maximum atomic E-state index is 14.7. The number of hydrogen-bond donors (Lipinski definition) is 1. The van der Waals surface area contributed by atoms with E-state index in [9.17, 15) is 4.79 Å². The summed E-state index contributed by atoms with van der Waals surface area (Å²) in [6.07, 6.45) is 6.15. The van der Waals surface area contributed by atoms with Crippen LogP contribution in [0.4, 0.5) is 0 Å². The second kappa shape index (κ2) is 11.6. The molecule has 7 heteroatoms. The summed E-state index contributed by atoms with van der Waals surface area (Å²) < 4.78 is 9.35. The van der Waals surface area contributed by atoms with Gasteiger partial charge in [-0.2, -0.15) is 0 Å². The van der Waals surface area contributed by atoms with Gasteiger partial charge in [-0.25, -0.2) is 0 Å². The van der Waals surface area contributed by atoms with Crippen LogP contribution in [0, 0.1) is 0 Å². The highest BCUT2D eigenvalue weighted by atomic mass is 32.1. The van der Waals surface area contributed by atoms with Gasteiger partial charge in [-0.1, -0.05) is 67.8 Å². The second-order valence-corrected chi connectivity index (χ2v) is 14.1. The van der Waals surface area contributed by atoms with Crippen molar-refractivity contribution in [3.63, 3.8) is 0 Å². The Labute approximate surface area is 267 Å². The first-order valence-electron chi connectivity index (χ1n) is 16.2. The van der Waals surface area contributed by atoms with Gasteiger partial charge in [0, 0.05) is 35.1 Å². The Morgan fingerprint density at radius 3 is 2.43 bits per heavy atom. The summed E-state index contributed by atoms with van der Waals surface area (Å²) in [7, 11) is 4.21. The number of thiol groups is 1. The standard InChI is InChI=1S/C37H44N4O2S/c1-25-38(3)23-29-24-40-32-21-28(36(42)41(37(2,44)39(25)4)22-26-13-7-5-8-14-26)19-20-30(32)34(27-15-9-6-10-16-27)35(40)31-17-11-12-18-33(31)43-29/h5,7-8,11-14,17-21,25,27,29,44H,6,9-10,15-16,22-24H2,1-4H3. The molecule has 6 nitrogen and oxygen atoms in total. The predicted molar refractivity (Wildman–Crippen MR) is 181 cm³/mol. The predicted octanol–water partition coefficient (Wildman–Crippen LogP) is 7.59. The summed E-state index contributed by atoms with van der Waals surface area (Å²) in [5.74, 6) is 1.42. The Kier molecular flexibility index (Phi) is 7.76. The molecule has 0 radical (unpaired) electrons. The van der Waals surface area contributed by atoms with E-state index in [0.717, 1.165) is 35.5 Å². The van der Waals surface area contributed by atoms with Crippen LogP contribution >= 0.6 is 12.6 Å². The van der Waals surface area contributed by atoms with Crippen molar-refractivity contribution in [3.05, 3.63) is 89.5 Å². The summed E-state index contributed by atoms with van der Waals surface area (Å²) in [6, 6.07) is 25.2. The van der Waals surface area contributed by atoms with Crippen LogP contribution in [0.15, 0.2) is 72.8 Å². The molecule has 1 amide bonds. The van der Waals surface area contributed by atoms with E-state index in [1.165, 1.54) is 48.7 Å². The van der Waals surface area contributed by atoms with E-state index in [4.69, 9.17) is 17.4 Å². The summed E-state index contributed by atoms with van der Waals surface area (Å²) in [6.45, 7) is 6.13. The molecule has 1 aliphatic carbocycles. The Morgan fingerprint density at radius 1 is 0.932 bits per heavy atom. The summed E-state index contributed by atoms with van der Waals surface area (Å²) >= 11 is 5.24. The molecule has 230 valence electrons. The third-order valence-electron chi connectivity index (χ3n) is 10.5. The minimum atomic E-state index is -0.871. The maximum absolute atomic E-state index is 14.7. The van der Waals surface area contributed by atoms with Crippen molar-refractivity contribution in [2.75, 3.05) is 20.6 Å². The van der Waals surface area contributed by atoms with Crippen LogP contribution < -0.4 is 4.74 Å². The molecule has 0 spiro atoms. The van der Waals surface area contributed by atoms with Gasteiger partial charge in [0.15, 0.2) is 0 Å². The minimum Gasteiger partial charge on any atom is -0.487 e.